The Balaban J connectivity index is 2.36. The van der Waals surface area contributed by atoms with Crippen LogP contribution in [0.3, 0.4) is 0 Å². The van der Waals surface area contributed by atoms with E-state index in [2.05, 4.69) is 24.5 Å². The monoisotopic (exact) mass is 214 g/mol. The van der Waals surface area contributed by atoms with E-state index in [1.54, 1.807) is 0 Å². The minimum Gasteiger partial charge on any atom is -0.481 e. The average Bonchev–Trinajstić information content (AvgIpc) is 2.14. The van der Waals surface area contributed by atoms with Crippen LogP contribution in [0.1, 0.15) is 33.1 Å². The van der Waals surface area contributed by atoms with Crippen molar-refractivity contribution < 1.29 is 9.90 Å². The Labute approximate surface area is 91.4 Å². The molecule has 1 aliphatic heterocycles. The molecule has 4 heteroatoms. The van der Waals surface area contributed by atoms with Crippen LogP contribution in [-0.2, 0) is 4.79 Å². The zero-order valence-electron chi connectivity index (χ0n) is 9.68. The van der Waals surface area contributed by atoms with Gasteiger partial charge in [0.1, 0.15) is 0 Å². The molecule has 88 valence electrons. The van der Waals surface area contributed by atoms with Gasteiger partial charge in [-0.1, -0.05) is 26.7 Å². The van der Waals surface area contributed by atoms with Gasteiger partial charge in [0.05, 0.1) is 12.0 Å². The fourth-order valence-electron chi connectivity index (χ4n) is 1.97. The molecular weight excluding hydrogens is 192 g/mol. The van der Waals surface area contributed by atoms with E-state index in [1.165, 1.54) is 0 Å². The maximum absolute atomic E-state index is 10.7. The van der Waals surface area contributed by atoms with E-state index in [0.717, 1.165) is 32.5 Å². The van der Waals surface area contributed by atoms with Crippen molar-refractivity contribution in [2.75, 3.05) is 19.6 Å². The van der Waals surface area contributed by atoms with Gasteiger partial charge in [0.15, 0.2) is 0 Å². The van der Waals surface area contributed by atoms with Crippen LogP contribution >= 0.6 is 0 Å². The Bertz CT molecular complexity index is 211. The summed E-state index contributed by atoms with van der Waals surface area (Å²) in [4.78, 5) is 10.7. The molecule has 1 rings (SSSR count). The Morgan fingerprint density at radius 3 is 2.40 bits per heavy atom. The van der Waals surface area contributed by atoms with Crippen molar-refractivity contribution in [1.29, 1.82) is 0 Å². The van der Waals surface area contributed by atoms with Crippen LogP contribution in [0.15, 0.2) is 0 Å². The molecule has 4 nitrogen and oxygen atoms in total. The van der Waals surface area contributed by atoms with Gasteiger partial charge in [-0.15, -0.1) is 0 Å². The molecule has 0 unspecified atom stereocenters. The van der Waals surface area contributed by atoms with E-state index >= 15 is 0 Å². The second-order valence-corrected chi connectivity index (χ2v) is 4.52. The molecule has 0 atom stereocenters. The van der Waals surface area contributed by atoms with E-state index in [9.17, 15) is 4.79 Å². The largest absolute Gasteiger partial charge is 0.481 e. The molecule has 0 aromatic carbocycles. The second kappa shape index (κ2) is 5.47. The van der Waals surface area contributed by atoms with Crippen LogP contribution in [-0.4, -0.2) is 36.2 Å². The first-order valence-corrected chi connectivity index (χ1v) is 5.79. The van der Waals surface area contributed by atoms with Crippen LogP contribution in [0.5, 0.6) is 0 Å². The highest BCUT2D eigenvalue weighted by molar-refractivity contribution is 5.68. The summed E-state index contributed by atoms with van der Waals surface area (Å²) < 4.78 is 0. The maximum atomic E-state index is 10.7. The van der Waals surface area contributed by atoms with Crippen LogP contribution in [0, 0.1) is 5.92 Å². The SMILES string of the molecule is CCC(CC)CNC1(CC(=O)O)CNC1. The van der Waals surface area contributed by atoms with Gasteiger partial charge in [-0.2, -0.15) is 0 Å². The minimum atomic E-state index is -0.714. The van der Waals surface area contributed by atoms with Crippen molar-refractivity contribution in [2.24, 2.45) is 5.92 Å². The molecule has 0 bridgehead atoms. The predicted octanol–water partition coefficient (Wildman–Crippen LogP) is 0.829. The van der Waals surface area contributed by atoms with E-state index in [4.69, 9.17) is 5.11 Å². The Morgan fingerprint density at radius 2 is 2.07 bits per heavy atom. The minimum absolute atomic E-state index is 0.186. The summed E-state index contributed by atoms with van der Waals surface area (Å²) in [6.07, 6.45) is 2.53. The molecule has 1 aliphatic rings. The summed E-state index contributed by atoms with van der Waals surface area (Å²) in [5, 5.41) is 15.4. The summed E-state index contributed by atoms with van der Waals surface area (Å²) in [7, 11) is 0. The standard InChI is InChI=1S/C11H22N2O2/c1-3-9(4-2)6-13-11(5-10(14)15)7-12-8-11/h9,12-13H,3-8H2,1-2H3,(H,14,15). The molecule has 0 saturated carbocycles. The number of rotatable bonds is 7. The predicted molar refractivity (Wildman–Crippen MR) is 59.9 cm³/mol. The highest BCUT2D eigenvalue weighted by atomic mass is 16.4. The average molecular weight is 214 g/mol. The fraction of sp³-hybridized carbons (Fsp3) is 0.909. The third kappa shape index (κ3) is 3.47. The zero-order chi connectivity index (χ0) is 11.3. The molecule has 0 amide bonds. The van der Waals surface area contributed by atoms with Gasteiger partial charge in [0.2, 0.25) is 0 Å². The Hall–Kier alpha value is -0.610. The lowest BCUT2D eigenvalue weighted by Crippen LogP contribution is -2.69. The van der Waals surface area contributed by atoms with Gasteiger partial charge in [0.25, 0.3) is 0 Å². The molecule has 15 heavy (non-hydrogen) atoms. The van der Waals surface area contributed by atoms with Crippen molar-refractivity contribution in [3.8, 4) is 0 Å². The molecule has 0 spiro atoms. The first-order chi connectivity index (χ1) is 7.12. The summed E-state index contributed by atoms with van der Waals surface area (Å²) in [6.45, 7) is 6.85. The van der Waals surface area contributed by atoms with E-state index in [0.29, 0.717) is 5.92 Å². The van der Waals surface area contributed by atoms with Gasteiger partial charge in [-0.05, 0) is 12.5 Å². The van der Waals surface area contributed by atoms with Crippen LogP contribution in [0.25, 0.3) is 0 Å². The Kier molecular flexibility index (Phi) is 4.54. The van der Waals surface area contributed by atoms with Gasteiger partial charge in [-0.3, -0.25) is 4.79 Å². The van der Waals surface area contributed by atoms with E-state index in [-0.39, 0.29) is 12.0 Å². The van der Waals surface area contributed by atoms with Crippen molar-refractivity contribution in [1.82, 2.24) is 10.6 Å². The highest BCUT2D eigenvalue weighted by Crippen LogP contribution is 2.17. The molecule has 1 saturated heterocycles. The van der Waals surface area contributed by atoms with E-state index in [1.807, 2.05) is 0 Å². The quantitative estimate of drug-likeness (QED) is 0.587. The van der Waals surface area contributed by atoms with Gasteiger partial charge in [-0.25, -0.2) is 0 Å². The maximum Gasteiger partial charge on any atom is 0.305 e. The molecule has 0 aromatic rings. The number of nitrogens with one attached hydrogen (secondary N) is 2. The first kappa shape index (κ1) is 12.5. The van der Waals surface area contributed by atoms with Gasteiger partial charge in [0, 0.05) is 13.1 Å². The summed E-state index contributed by atoms with van der Waals surface area (Å²) in [6, 6.07) is 0. The normalized spacial score (nSPS) is 18.9. The fourth-order valence-corrected chi connectivity index (χ4v) is 1.97. The highest BCUT2D eigenvalue weighted by Gasteiger charge is 2.38. The topological polar surface area (TPSA) is 61.4 Å². The number of carboxylic acids is 1. The van der Waals surface area contributed by atoms with Crippen LogP contribution in [0.4, 0.5) is 0 Å². The first-order valence-electron chi connectivity index (χ1n) is 5.79. The smallest absolute Gasteiger partial charge is 0.305 e. The van der Waals surface area contributed by atoms with Crippen molar-refractivity contribution in [2.45, 2.75) is 38.6 Å². The molecule has 0 radical (unpaired) electrons. The van der Waals surface area contributed by atoms with Gasteiger partial charge < -0.3 is 15.7 Å². The molecule has 1 fully saturated rings. The van der Waals surface area contributed by atoms with E-state index < -0.39 is 5.97 Å². The third-order valence-electron chi connectivity index (χ3n) is 3.34. The molecule has 1 heterocycles. The second-order valence-electron chi connectivity index (χ2n) is 4.52. The summed E-state index contributed by atoms with van der Waals surface area (Å²) in [5.74, 6) is -0.0511. The summed E-state index contributed by atoms with van der Waals surface area (Å²) in [5.41, 5.74) is -0.186. The lowest BCUT2D eigenvalue weighted by atomic mass is 9.87. The molecule has 0 aromatic heterocycles. The zero-order valence-corrected chi connectivity index (χ0v) is 9.68. The number of aliphatic carboxylic acids is 1. The summed E-state index contributed by atoms with van der Waals surface area (Å²) >= 11 is 0. The van der Waals surface area contributed by atoms with Crippen molar-refractivity contribution in [3.05, 3.63) is 0 Å². The number of carbonyl (C=O) groups is 1. The number of hydrogen-bond donors (Lipinski definition) is 3. The lowest BCUT2D eigenvalue weighted by Gasteiger charge is -2.43. The number of carboxylic acid groups (broad SMARTS) is 1. The van der Waals surface area contributed by atoms with Crippen molar-refractivity contribution in [3.63, 3.8) is 0 Å². The molecular formula is C11H22N2O2. The van der Waals surface area contributed by atoms with Crippen LogP contribution < -0.4 is 10.6 Å². The van der Waals surface area contributed by atoms with Gasteiger partial charge >= 0.3 is 5.97 Å². The third-order valence-corrected chi connectivity index (χ3v) is 3.34. The molecule has 0 aliphatic carbocycles. The number of hydrogen-bond acceptors (Lipinski definition) is 3. The van der Waals surface area contributed by atoms with Crippen LogP contribution in [0.2, 0.25) is 0 Å². The molecule has 3 N–H and O–H groups in total. The van der Waals surface area contributed by atoms with Crippen molar-refractivity contribution >= 4 is 5.97 Å². The Morgan fingerprint density at radius 1 is 1.47 bits per heavy atom. The lowest BCUT2D eigenvalue weighted by molar-refractivity contribution is -0.139.